The molecule has 0 amide bonds. The van der Waals surface area contributed by atoms with E-state index in [4.69, 9.17) is 4.74 Å². The van der Waals surface area contributed by atoms with Crippen molar-refractivity contribution >= 4 is 0 Å². The molecule has 1 spiro atoms. The fourth-order valence-corrected chi connectivity index (χ4v) is 1.63. The van der Waals surface area contributed by atoms with E-state index in [0.717, 1.165) is 39.3 Å². The summed E-state index contributed by atoms with van der Waals surface area (Å²) in [7, 11) is 0. The average Bonchev–Trinajstić information content (AvgIpc) is 2.39. The number of rotatable bonds is 0. The summed E-state index contributed by atoms with van der Waals surface area (Å²) in [5.41, 5.74) is 0.234. The van der Waals surface area contributed by atoms with Crippen LogP contribution in [-0.2, 0) is 37.4 Å². The Morgan fingerprint density at radius 2 is 2.36 bits per heavy atom. The summed E-state index contributed by atoms with van der Waals surface area (Å²) in [5.74, 6) is 0. The van der Waals surface area contributed by atoms with Gasteiger partial charge in [0.15, 0.2) is 0 Å². The Labute approximate surface area is 92.5 Å². The zero-order valence-corrected chi connectivity index (χ0v) is 9.51. The van der Waals surface area contributed by atoms with E-state index in [9.17, 15) is 0 Å². The SMILES string of the molecule is C1CC2(C[N-]1)COCCN2.[Y]. The average molecular weight is 230 g/mol. The van der Waals surface area contributed by atoms with Gasteiger partial charge in [0.1, 0.15) is 0 Å². The molecule has 1 N–H and O–H groups in total. The summed E-state index contributed by atoms with van der Waals surface area (Å²) in [6.07, 6.45) is 1.16. The summed E-state index contributed by atoms with van der Waals surface area (Å²) in [6, 6.07) is 0. The van der Waals surface area contributed by atoms with Crippen LogP contribution in [-0.4, -0.2) is 38.4 Å². The van der Waals surface area contributed by atoms with Crippen molar-refractivity contribution < 1.29 is 37.4 Å². The van der Waals surface area contributed by atoms with Crippen LogP contribution in [0.25, 0.3) is 5.32 Å². The second-order valence-electron chi connectivity index (χ2n) is 3.12. The molecule has 61 valence electrons. The molecular weight excluding hydrogens is 217 g/mol. The Kier molecular flexibility index (Phi) is 3.92. The van der Waals surface area contributed by atoms with Gasteiger partial charge in [-0.1, -0.05) is 6.42 Å². The van der Waals surface area contributed by atoms with Crippen molar-refractivity contribution in [2.75, 3.05) is 32.8 Å². The van der Waals surface area contributed by atoms with Crippen LogP contribution in [0.5, 0.6) is 0 Å². The predicted octanol–water partition coefficient (Wildman–Crippen LogP) is 0.120. The molecule has 0 saturated carbocycles. The largest absolute Gasteiger partial charge is 0.661 e. The van der Waals surface area contributed by atoms with Gasteiger partial charge in [-0.2, -0.15) is 0 Å². The zero-order valence-electron chi connectivity index (χ0n) is 6.68. The van der Waals surface area contributed by atoms with Gasteiger partial charge in [0.25, 0.3) is 0 Å². The van der Waals surface area contributed by atoms with E-state index in [-0.39, 0.29) is 38.2 Å². The van der Waals surface area contributed by atoms with Crippen LogP contribution in [0.4, 0.5) is 0 Å². The van der Waals surface area contributed by atoms with E-state index in [1.165, 1.54) is 0 Å². The van der Waals surface area contributed by atoms with E-state index < -0.39 is 0 Å². The quantitative estimate of drug-likeness (QED) is 0.641. The maximum atomic E-state index is 5.38. The first kappa shape index (κ1) is 10.1. The molecule has 2 saturated heterocycles. The molecule has 0 aromatic carbocycles. The molecule has 0 aliphatic carbocycles. The van der Waals surface area contributed by atoms with E-state index >= 15 is 0 Å². The standard InChI is InChI=1S/C7H13N2O.Y/c1-2-8-5-7(1)6-10-4-3-9-7;/h9H,1-6H2;/q-1;. The molecule has 4 heteroatoms. The van der Waals surface area contributed by atoms with E-state index in [1.54, 1.807) is 0 Å². The van der Waals surface area contributed by atoms with Crippen molar-refractivity contribution in [1.29, 1.82) is 0 Å². The number of hydrogen-bond acceptors (Lipinski definition) is 2. The summed E-state index contributed by atoms with van der Waals surface area (Å²) >= 11 is 0. The number of ether oxygens (including phenoxy) is 1. The molecular formula is C7H13N2OY-. The van der Waals surface area contributed by atoms with Gasteiger partial charge in [-0.3, -0.25) is 0 Å². The van der Waals surface area contributed by atoms with Crippen molar-refractivity contribution in [1.82, 2.24) is 5.32 Å². The van der Waals surface area contributed by atoms with Crippen molar-refractivity contribution in [3.63, 3.8) is 0 Å². The Hall–Kier alpha value is 0.984. The topological polar surface area (TPSA) is 35.4 Å². The van der Waals surface area contributed by atoms with Gasteiger partial charge in [0.05, 0.1) is 13.2 Å². The van der Waals surface area contributed by atoms with Crippen LogP contribution in [0.2, 0.25) is 0 Å². The predicted molar refractivity (Wildman–Crippen MR) is 39.3 cm³/mol. The maximum Gasteiger partial charge on any atom is 0.0631 e. The van der Waals surface area contributed by atoms with Crippen molar-refractivity contribution in [2.45, 2.75) is 12.0 Å². The minimum Gasteiger partial charge on any atom is -0.661 e. The normalized spacial score (nSPS) is 37.1. The van der Waals surface area contributed by atoms with Gasteiger partial charge < -0.3 is 15.4 Å². The molecule has 2 heterocycles. The minimum atomic E-state index is 0. The number of morpholine rings is 1. The third-order valence-corrected chi connectivity index (χ3v) is 2.29. The van der Waals surface area contributed by atoms with Gasteiger partial charge in [-0.05, 0) is 0 Å². The van der Waals surface area contributed by atoms with Crippen LogP contribution in [0.1, 0.15) is 6.42 Å². The van der Waals surface area contributed by atoms with E-state index in [0.29, 0.717) is 0 Å². The number of hydrogen-bond donors (Lipinski definition) is 1. The summed E-state index contributed by atoms with van der Waals surface area (Å²) in [6.45, 7) is 4.68. The molecule has 2 fully saturated rings. The molecule has 2 aliphatic rings. The molecule has 1 atom stereocenters. The van der Waals surface area contributed by atoms with Crippen molar-refractivity contribution in [2.24, 2.45) is 0 Å². The maximum absolute atomic E-state index is 5.38. The van der Waals surface area contributed by atoms with Crippen LogP contribution < -0.4 is 5.32 Å². The third kappa shape index (κ3) is 2.22. The first-order valence-corrected chi connectivity index (χ1v) is 3.87. The van der Waals surface area contributed by atoms with E-state index in [2.05, 4.69) is 10.6 Å². The minimum absolute atomic E-state index is 0. The summed E-state index contributed by atoms with van der Waals surface area (Å²) in [4.78, 5) is 0. The molecule has 0 aromatic heterocycles. The molecule has 1 radical (unpaired) electrons. The smallest absolute Gasteiger partial charge is 0.0631 e. The van der Waals surface area contributed by atoms with Gasteiger partial charge in [-0.15, -0.1) is 13.1 Å². The second kappa shape index (κ2) is 4.29. The van der Waals surface area contributed by atoms with Crippen LogP contribution in [0, 0.1) is 0 Å². The molecule has 2 rings (SSSR count). The summed E-state index contributed by atoms with van der Waals surface area (Å²) in [5, 5.41) is 7.79. The second-order valence-corrected chi connectivity index (χ2v) is 3.12. The van der Waals surface area contributed by atoms with Gasteiger partial charge in [0, 0.05) is 44.8 Å². The third-order valence-electron chi connectivity index (χ3n) is 2.29. The monoisotopic (exact) mass is 230 g/mol. The zero-order chi connectivity index (χ0) is 6.86. The van der Waals surface area contributed by atoms with Gasteiger partial charge in [0.2, 0.25) is 0 Å². The fourth-order valence-electron chi connectivity index (χ4n) is 1.63. The Morgan fingerprint density at radius 3 is 2.91 bits per heavy atom. The first-order chi connectivity index (χ1) is 4.91. The van der Waals surface area contributed by atoms with Gasteiger partial charge in [-0.25, -0.2) is 0 Å². The number of nitrogens with one attached hydrogen (secondary N) is 1. The molecule has 2 aliphatic heterocycles. The summed E-state index contributed by atoms with van der Waals surface area (Å²) < 4.78 is 5.38. The van der Waals surface area contributed by atoms with Crippen molar-refractivity contribution in [3.05, 3.63) is 5.32 Å². The van der Waals surface area contributed by atoms with E-state index in [1.807, 2.05) is 0 Å². The van der Waals surface area contributed by atoms with Crippen LogP contribution >= 0.6 is 0 Å². The first-order valence-electron chi connectivity index (χ1n) is 3.87. The van der Waals surface area contributed by atoms with Crippen LogP contribution in [0.3, 0.4) is 0 Å². The Balaban J connectivity index is 0.000000605. The molecule has 0 aromatic rings. The Bertz CT molecular complexity index is 118. The number of nitrogens with zero attached hydrogens (tertiary/aromatic N) is 1. The molecule has 3 nitrogen and oxygen atoms in total. The molecule has 0 bridgehead atoms. The van der Waals surface area contributed by atoms with Crippen LogP contribution in [0.15, 0.2) is 0 Å². The molecule has 1 unspecified atom stereocenters. The molecule has 11 heavy (non-hydrogen) atoms. The fraction of sp³-hybridized carbons (Fsp3) is 1.00. The Morgan fingerprint density at radius 1 is 1.45 bits per heavy atom. The van der Waals surface area contributed by atoms with Gasteiger partial charge >= 0.3 is 0 Å². The van der Waals surface area contributed by atoms with Crippen molar-refractivity contribution in [3.8, 4) is 0 Å².